The number of nitrogens with two attached hydrogens (primary N) is 1. The molecule has 84 valence electrons. The molecule has 0 atom stereocenters. The smallest absolute Gasteiger partial charge is 0.229 e. The summed E-state index contributed by atoms with van der Waals surface area (Å²) in [5.74, 6) is 0.602. The lowest BCUT2D eigenvalue weighted by Crippen LogP contribution is -1.94. The molecule has 0 unspecified atom stereocenters. The van der Waals surface area contributed by atoms with Crippen molar-refractivity contribution < 1.29 is 9.63 Å². The summed E-state index contributed by atoms with van der Waals surface area (Å²) in [4.78, 5) is 0. The van der Waals surface area contributed by atoms with E-state index in [1.54, 1.807) is 12.3 Å². The van der Waals surface area contributed by atoms with Crippen LogP contribution in [0.3, 0.4) is 0 Å². The first-order valence-corrected chi connectivity index (χ1v) is 5.02. The Morgan fingerprint density at radius 1 is 1.25 bits per heavy atom. The number of nitrogens with zero attached hydrogens (tertiary/aromatic N) is 1. The van der Waals surface area contributed by atoms with Crippen molar-refractivity contribution in [3.63, 3.8) is 0 Å². The number of phenols is 1. The monoisotopic (exact) mass is 218 g/mol. The second-order valence-corrected chi connectivity index (χ2v) is 3.94. The first kappa shape index (κ1) is 10.5. The van der Waals surface area contributed by atoms with Crippen LogP contribution in [0.15, 0.2) is 16.8 Å². The molecule has 0 aliphatic carbocycles. The van der Waals surface area contributed by atoms with E-state index >= 15 is 0 Å². The van der Waals surface area contributed by atoms with Gasteiger partial charge in [-0.2, -0.15) is 0 Å². The van der Waals surface area contributed by atoms with Crippen LogP contribution in [0, 0.1) is 20.8 Å². The standard InChI is InChI=1S/C12H14N2O2/c1-6-4-10(15)7(2)8(3)11(6)9-5-14-16-12(9)13/h4-5,15H,13H2,1-3H3. The van der Waals surface area contributed by atoms with Crippen molar-refractivity contribution in [1.82, 2.24) is 5.16 Å². The van der Waals surface area contributed by atoms with E-state index < -0.39 is 0 Å². The van der Waals surface area contributed by atoms with E-state index in [1.165, 1.54) is 0 Å². The molecule has 0 amide bonds. The van der Waals surface area contributed by atoms with Gasteiger partial charge in [0, 0.05) is 0 Å². The molecular weight excluding hydrogens is 204 g/mol. The maximum atomic E-state index is 9.70. The molecular formula is C12H14N2O2. The summed E-state index contributed by atoms with van der Waals surface area (Å²) in [6, 6.07) is 1.73. The van der Waals surface area contributed by atoms with Crippen molar-refractivity contribution >= 4 is 5.88 Å². The van der Waals surface area contributed by atoms with E-state index in [0.717, 1.165) is 27.8 Å². The quantitative estimate of drug-likeness (QED) is 0.771. The molecule has 0 fully saturated rings. The number of hydrogen-bond donors (Lipinski definition) is 2. The maximum absolute atomic E-state index is 9.70. The predicted octanol–water partition coefficient (Wildman–Crippen LogP) is 2.55. The minimum Gasteiger partial charge on any atom is -0.508 e. The molecule has 4 heteroatoms. The second kappa shape index (κ2) is 3.56. The zero-order valence-electron chi connectivity index (χ0n) is 9.53. The van der Waals surface area contributed by atoms with Gasteiger partial charge in [0.25, 0.3) is 0 Å². The summed E-state index contributed by atoms with van der Waals surface area (Å²) in [6.45, 7) is 5.75. The third-order valence-corrected chi connectivity index (χ3v) is 2.94. The summed E-state index contributed by atoms with van der Waals surface area (Å²) in [5.41, 5.74) is 10.3. The van der Waals surface area contributed by atoms with Crippen LogP contribution in [0.4, 0.5) is 5.88 Å². The Kier molecular flexibility index (Phi) is 2.34. The van der Waals surface area contributed by atoms with Crippen LogP contribution in [0.5, 0.6) is 5.75 Å². The van der Waals surface area contributed by atoms with E-state index in [4.69, 9.17) is 10.3 Å². The third-order valence-electron chi connectivity index (χ3n) is 2.94. The number of nitrogen functional groups attached to an aromatic ring is 1. The van der Waals surface area contributed by atoms with E-state index in [-0.39, 0.29) is 0 Å². The molecule has 0 spiro atoms. The molecule has 4 nitrogen and oxygen atoms in total. The Morgan fingerprint density at radius 2 is 1.94 bits per heavy atom. The first-order chi connectivity index (χ1) is 7.52. The van der Waals surface area contributed by atoms with Gasteiger partial charge in [-0.15, -0.1) is 0 Å². The number of aryl methyl sites for hydroxylation is 1. The Morgan fingerprint density at radius 3 is 2.50 bits per heavy atom. The molecule has 0 radical (unpaired) electrons. The number of anilines is 1. The summed E-state index contributed by atoms with van der Waals surface area (Å²) in [6.07, 6.45) is 1.60. The molecule has 1 heterocycles. The van der Waals surface area contributed by atoms with Gasteiger partial charge in [0.1, 0.15) is 5.75 Å². The van der Waals surface area contributed by atoms with Gasteiger partial charge in [-0.05, 0) is 49.1 Å². The zero-order valence-corrected chi connectivity index (χ0v) is 9.53. The Hall–Kier alpha value is -1.97. The van der Waals surface area contributed by atoms with E-state index in [9.17, 15) is 5.11 Å². The number of benzene rings is 1. The van der Waals surface area contributed by atoms with Crippen molar-refractivity contribution in [2.24, 2.45) is 0 Å². The molecule has 0 saturated heterocycles. The minimum absolute atomic E-state index is 0.300. The van der Waals surface area contributed by atoms with Crippen LogP contribution >= 0.6 is 0 Å². The fraction of sp³-hybridized carbons (Fsp3) is 0.250. The highest BCUT2D eigenvalue weighted by molar-refractivity contribution is 5.79. The largest absolute Gasteiger partial charge is 0.508 e. The van der Waals surface area contributed by atoms with Crippen LogP contribution in [-0.2, 0) is 0 Å². The van der Waals surface area contributed by atoms with Gasteiger partial charge in [0.2, 0.25) is 5.88 Å². The fourth-order valence-electron chi connectivity index (χ4n) is 1.91. The van der Waals surface area contributed by atoms with Crippen LogP contribution in [0.2, 0.25) is 0 Å². The summed E-state index contributed by atoms with van der Waals surface area (Å²) in [5, 5.41) is 13.4. The maximum Gasteiger partial charge on any atom is 0.229 e. The third kappa shape index (κ3) is 1.43. The number of aromatic hydroxyl groups is 1. The van der Waals surface area contributed by atoms with E-state index in [1.807, 2.05) is 20.8 Å². The predicted molar refractivity (Wildman–Crippen MR) is 62.2 cm³/mol. The summed E-state index contributed by atoms with van der Waals surface area (Å²) < 4.78 is 4.86. The zero-order chi connectivity index (χ0) is 11.9. The molecule has 3 N–H and O–H groups in total. The number of phenolic OH excluding ortho intramolecular Hbond substituents is 1. The lowest BCUT2D eigenvalue weighted by Gasteiger charge is -2.12. The number of rotatable bonds is 1. The lowest BCUT2D eigenvalue weighted by atomic mass is 9.93. The molecule has 16 heavy (non-hydrogen) atoms. The summed E-state index contributed by atoms with van der Waals surface area (Å²) >= 11 is 0. The van der Waals surface area contributed by atoms with Gasteiger partial charge < -0.3 is 15.4 Å². The van der Waals surface area contributed by atoms with Crippen molar-refractivity contribution in [3.8, 4) is 16.9 Å². The van der Waals surface area contributed by atoms with Crippen LogP contribution in [0.1, 0.15) is 16.7 Å². The van der Waals surface area contributed by atoms with Gasteiger partial charge in [-0.1, -0.05) is 5.16 Å². The van der Waals surface area contributed by atoms with Crippen LogP contribution in [-0.4, -0.2) is 10.3 Å². The fourth-order valence-corrected chi connectivity index (χ4v) is 1.91. The molecule has 0 aliphatic heterocycles. The first-order valence-electron chi connectivity index (χ1n) is 5.02. The molecule has 0 aliphatic rings. The molecule has 1 aromatic heterocycles. The second-order valence-electron chi connectivity index (χ2n) is 3.94. The van der Waals surface area contributed by atoms with Crippen molar-refractivity contribution in [3.05, 3.63) is 29.0 Å². The normalized spacial score (nSPS) is 10.7. The molecule has 2 rings (SSSR count). The van der Waals surface area contributed by atoms with Crippen molar-refractivity contribution in [1.29, 1.82) is 0 Å². The Bertz CT molecular complexity index is 544. The average molecular weight is 218 g/mol. The van der Waals surface area contributed by atoms with Gasteiger partial charge in [-0.3, -0.25) is 0 Å². The summed E-state index contributed by atoms with van der Waals surface area (Å²) in [7, 11) is 0. The molecule has 1 aromatic carbocycles. The highest BCUT2D eigenvalue weighted by Crippen LogP contribution is 2.36. The van der Waals surface area contributed by atoms with Gasteiger partial charge in [0.15, 0.2) is 0 Å². The Labute approximate surface area is 93.7 Å². The van der Waals surface area contributed by atoms with Gasteiger partial charge in [0.05, 0.1) is 11.8 Å². The molecule has 0 saturated carbocycles. The van der Waals surface area contributed by atoms with Gasteiger partial charge in [-0.25, -0.2) is 0 Å². The minimum atomic E-state index is 0.300. The van der Waals surface area contributed by atoms with E-state index in [2.05, 4.69) is 5.16 Å². The molecule has 2 aromatic rings. The van der Waals surface area contributed by atoms with Gasteiger partial charge >= 0.3 is 0 Å². The Balaban J connectivity index is 2.76. The number of hydrogen-bond acceptors (Lipinski definition) is 4. The topological polar surface area (TPSA) is 72.3 Å². The SMILES string of the molecule is Cc1cc(O)c(C)c(C)c1-c1cnoc1N. The van der Waals surface area contributed by atoms with Crippen LogP contribution < -0.4 is 5.73 Å². The average Bonchev–Trinajstić information content (AvgIpc) is 2.62. The highest BCUT2D eigenvalue weighted by Gasteiger charge is 2.15. The lowest BCUT2D eigenvalue weighted by molar-refractivity contribution is 0.436. The van der Waals surface area contributed by atoms with E-state index in [0.29, 0.717) is 11.6 Å². The van der Waals surface area contributed by atoms with Crippen molar-refractivity contribution in [2.45, 2.75) is 20.8 Å². The van der Waals surface area contributed by atoms with Crippen LogP contribution in [0.25, 0.3) is 11.1 Å². The van der Waals surface area contributed by atoms with Crippen molar-refractivity contribution in [2.75, 3.05) is 5.73 Å². The number of aromatic nitrogens is 1. The molecule has 0 bridgehead atoms. The highest BCUT2D eigenvalue weighted by atomic mass is 16.5.